The molecular weight excluding hydrogens is 255 g/mol. The normalized spacial score (nSPS) is 15.9. The number of unbranched alkanes of at least 4 members (excludes halogenated alkanes) is 1. The van der Waals surface area contributed by atoms with Gasteiger partial charge < -0.3 is 9.90 Å². The van der Waals surface area contributed by atoms with Gasteiger partial charge in [-0.2, -0.15) is 0 Å². The van der Waals surface area contributed by atoms with Crippen LogP contribution in [-0.4, -0.2) is 9.89 Å². The number of carboxylic acids is 1. The minimum absolute atomic E-state index is 0.171. The molecule has 0 spiro atoms. The molecule has 0 aromatic heterocycles. The highest BCUT2D eigenvalue weighted by Crippen LogP contribution is 2.18. The minimum Gasteiger partial charge on any atom is -0.550 e. The highest BCUT2D eigenvalue weighted by molar-refractivity contribution is 14.1. The van der Waals surface area contributed by atoms with Crippen molar-refractivity contribution in [2.45, 2.75) is 37.0 Å². The van der Waals surface area contributed by atoms with Crippen molar-refractivity contribution in [3.63, 3.8) is 0 Å². The molecule has 2 nitrogen and oxygen atoms in total. The van der Waals surface area contributed by atoms with E-state index in [2.05, 4.69) is 29.5 Å². The molecule has 0 saturated carbocycles. The third kappa shape index (κ3) is 4.61. The summed E-state index contributed by atoms with van der Waals surface area (Å²) in [6, 6.07) is 0. The quantitative estimate of drug-likeness (QED) is 0.558. The van der Waals surface area contributed by atoms with E-state index in [0.29, 0.717) is 0 Å². The zero-order valence-electron chi connectivity index (χ0n) is 6.97. The molecule has 2 unspecified atom stereocenters. The van der Waals surface area contributed by atoms with Crippen LogP contribution < -0.4 is 5.11 Å². The van der Waals surface area contributed by atoms with Crippen molar-refractivity contribution in [1.29, 1.82) is 0 Å². The molecule has 0 bridgehead atoms. The first kappa shape index (κ1) is 11.2. The number of hydrogen-bond acceptors (Lipinski definition) is 2. The van der Waals surface area contributed by atoms with Crippen LogP contribution >= 0.6 is 22.6 Å². The predicted molar refractivity (Wildman–Crippen MR) is 51.5 cm³/mol. The Hall–Kier alpha value is 0.200. The molecule has 0 rings (SSSR count). The molecule has 66 valence electrons. The minimum atomic E-state index is -0.902. The van der Waals surface area contributed by atoms with E-state index in [4.69, 9.17) is 0 Å². The van der Waals surface area contributed by atoms with E-state index in [-0.39, 0.29) is 9.84 Å². The Morgan fingerprint density at radius 3 is 2.45 bits per heavy atom. The lowest BCUT2D eigenvalue weighted by atomic mass is 10.00. The van der Waals surface area contributed by atoms with Crippen LogP contribution in [0, 0.1) is 5.92 Å². The average Bonchev–Trinajstić information content (AvgIpc) is 1.87. The van der Waals surface area contributed by atoms with Gasteiger partial charge in [-0.3, -0.25) is 0 Å². The van der Waals surface area contributed by atoms with Crippen LogP contribution in [0.5, 0.6) is 0 Å². The van der Waals surface area contributed by atoms with Gasteiger partial charge in [-0.1, -0.05) is 49.3 Å². The van der Waals surface area contributed by atoms with Gasteiger partial charge in [0.25, 0.3) is 0 Å². The van der Waals surface area contributed by atoms with Crippen molar-refractivity contribution >= 4 is 28.6 Å². The fourth-order valence-electron chi connectivity index (χ4n) is 0.959. The maximum atomic E-state index is 10.5. The van der Waals surface area contributed by atoms with Gasteiger partial charge in [-0.15, -0.1) is 0 Å². The molecular formula is C8H14IO2-. The van der Waals surface area contributed by atoms with Gasteiger partial charge in [0.1, 0.15) is 0 Å². The lowest BCUT2D eigenvalue weighted by Gasteiger charge is -2.19. The van der Waals surface area contributed by atoms with Crippen molar-refractivity contribution in [3.05, 3.63) is 0 Å². The summed E-state index contributed by atoms with van der Waals surface area (Å²) in [4.78, 5) is 10.5. The number of carbonyl (C=O) groups is 1. The lowest BCUT2D eigenvalue weighted by Crippen LogP contribution is -2.35. The first-order valence-electron chi connectivity index (χ1n) is 3.94. The molecule has 0 aliphatic carbocycles. The summed E-state index contributed by atoms with van der Waals surface area (Å²) in [5.41, 5.74) is 0. The van der Waals surface area contributed by atoms with E-state index in [1.807, 2.05) is 6.92 Å². The van der Waals surface area contributed by atoms with E-state index in [1.54, 1.807) is 0 Å². The summed E-state index contributed by atoms with van der Waals surface area (Å²) in [5, 5.41) is 10.5. The third-order valence-electron chi connectivity index (χ3n) is 1.73. The Kier molecular flexibility index (Phi) is 5.91. The van der Waals surface area contributed by atoms with Crippen molar-refractivity contribution < 1.29 is 9.90 Å². The molecule has 0 aliphatic heterocycles. The summed E-state index contributed by atoms with van der Waals surface area (Å²) in [7, 11) is 0. The maximum absolute atomic E-state index is 10.5. The number of alkyl halides is 1. The largest absolute Gasteiger partial charge is 0.550 e. The molecule has 0 N–H and O–H groups in total. The number of carboxylic acid groups (broad SMARTS) is 1. The molecule has 0 fully saturated rings. The van der Waals surface area contributed by atoms with E-state index in [0.717, 1.165) is 19.3 Å². The van der Waals surface area contributed by atoms with Gasteiger partial charge in [0.2, 0.25) is 0 Å². The Balaban J connectivity index is 3.80. The molecule has 0 amide bonds. The highest BCUT2D eigenvalue weighted by Gasteiger charge is 2.14. The van der Waals surface area contributed by atoms with Gasteiger partial charge in [0.15, 0.2) is 0 Å². The molecule has 0 aromatic rings. The molecule has 0 saturated heterocycles. The molecule has 0 radical (unpaired) electrons. The number of rotatable bonds is 5. The number of halogens is 1. The van der Waals surface area contributed by atoms with E-state index in [9.17, 15) is 9.90 Å². The van der Waals surface area contributed by atoms with Crippen LogP contribution in [0.4, 0.5) is 0 Å². The standard InChI is InChI=1S/C8H15IO2/c1-3-4-5-7(6(2)9)8(10)11/h6-7H,3-5H2,1-2H3,(H,10,11)/p-1. The van der Waals surface area contributed by atoms with Crippen molar-refractivity contribution in [1.82, 2.24) is 0 Å². The van der Waals surface area contributed by atoms with Gasteiger partial charge in [-0.25, -0.2) is 0 Å². The topological polar surface area (TPSA) is 40.1 Å². The molecule has 0 heterocycles. The van der Waals surface area contributed by atoms with Crippen molar-refractivity contribution in [2.24, 2.45) is 5.92 Å². The van der Waals surface area contributed by atoms with Crippen LogP contribution in [0.1, 0.15) is 33.1 Å². The zero-order valence-corrected chi connectivity index (χ0v) is 9.13. The fraction of sp³-hybridized carbons (Fsp3) is 0.875. The second-order valence-electron chi connectivity index (χ2n) is 2.75. The van der Waals surface area contributed by atoms with E-state index >= 15 is 0 Å². The zero-order chi connectivity index (χ0) is 8.85. The summed E-state index contributed by atoms with van der Waals surface area (Å²) >= 11 is 2.14. The Bertz CT molecular complexity index is 123. The van der Waals surface area contributed by atoms with Crippen LogP contribution in [0.25, 0.3) is 0 Å². The fourth-order valence-corrected chi connectivity index (χ4v) is 1.61. The number of hydrogen-bond donors (Lipinski definition) is 0. The molecule has 0 aliphatic rings. The van der Waals surface area contributed by atoms with Crippen LogP contribution in [-0.2, 0) is 4.79 Å². The van der Waals surface area contributed by atoms with Crippen LogP contribution in [0.2, 0.25) is 0 Å². The first-order chi connectivity index (χ1) is 5.09. The third-order valence-corrected chi connectivity index (χ3v) is 2.59. The van der Waals surface area contributed by atoms with Gasteiger partial charge in [0, 0.05) is 15.8 Å². The Labute approximate surface area is 81.5 Å². The summed E-state index contributed by atoms with van der Waals surface area (Å²) in [6.07, 6.45) is 2.78. The van der Waals surface area contributed by atoms with E-state index in [1.165, 1.54) is 0 Å². The van der Waals surface area contributed by atoms with E-state index < -0.39 is 5.97 Å². The Morgan fingerprint density at radius 2 is 2.18 bits per heavy atom. The maximum Gasteiger partial charge on any atom is 0.0455 e. The van der Waals surface area contributed by atoms with Crippen LogP contribution in [0.3, 0.4) is 0 Å². The molecule has 11 heavy (non-hydrogen) atoms. The second-order valence-corrected chi connectivity index (χ2v) is 4.71. The van der Waals surface area contributed by atoms with Gasteiger partial charge in [-0.05, 0) is 6.42 Å². The average molecular weight is 269 g/mol. The monoisotopic (exact) mass is 269 g/mol. The smallest absolute Gasteiger partial charge is 0.0455 e. The van der Waals surface area contributed by atoms with Crippen LogP contribution in [0.15, 0.2) is 0 Å². The molecule has 2 atom stereocenters. The Morgan fingerprint density at radius 1 is 1.64 bits per heavy atom. The van der Waals surface area contributed by atoms with Gasteiger partial charge in [0.05, 0.1) is 0 Å². The molecule has 3 heteroatoms. The van der Waals surface area contributed by atoms with Crippen molar-refractivity contribution in [3.8, 4) is 0 Å². The number of carbonyl (C=O) groups excluding carboxylic acids is 1. The summed E-state index contributed by atoms with van der Waals surface area (Å²) in [6.45, 7) is 3.97. The van der Waals surface area contributed by atoms with Gasteiger partial charge >= 0.3 is 0 Å². The SMILES string of the molecule is CCCCC(C(=O)[O-])C(C)I. The lowest BCUT2D eigenvalue weighted by molar-refractivity contribution is -0.311. The summed E-state index contributed by atoms with van der Waals surface area (Å²) < 4.78 is 0.171. The highest BCUT2D eigenvalue weighted by atomic mass is 127. The first-order valence-corrected chi connectivity index (χ1v) is 5.19. The predicted octanol–water partition coefficient (Wildman–Crippen LogP) is 1.37. The molecule has 0 aromatic carbocycles. The number of aliphatic carboxylic acids is 1. The summed E-state index contributed by atoms with van der Waals surface area (Å²) in [5.74, 6) is -1.17. The van der Waals surface area contributed by atoms with Crippen molar-refractivity contribution in [2.75, 3.05) is 0 Å². The second kappa shape index (κ2) is 5.80.